The normalized spacial score (nSPS) is 10.6. The topological polar surface area (TPSA) is 20.2 Å². The molecule has 0 bridgehead atoms. The molecule has 10 heavy (non-hydrogen) atoms. The minimum Gasteiger partial charge on any atom is -0.392 e. The van der Waals surface area contributed by atoms with Crippen LogP contribution < -0.4 is 0 Å². The minimum absolute atomic E-state index is 0.135. The molecule has 1 nitrogen and oxygen atoms in total. The van der Waals surface area contributed by atoms with E-state index >= 15 is 0 Å². The molecule has 0 aromatic heterocycles. The van der Waals surface area contributed by atoms with Crippen LogP contribution in [0.3, 0.4) is 0 Å². The molecule has 0 atom stereocenters. The lowest BCUT2D eigenvalue weighted by Gasteiger charge is -1.97. The molecule has 0 aliphatic rings. The van der Waals surface area contributed by atoms with Crippen LogP contribution in [0.4, 0.5) is 0 Å². The van der Waals surface area contributed by atoms with Gasteiger partial charge in [-0.3, -0.25) is 0 Å². The summed E-state index contributed by atoms with van der Waals surface area (Å²) < 4.78 is 0. The Labute approximate surface area is 63.1 Å². The number of unbranched alkanes of at least 4 members (excludes halogenated alkanes) is 1. The third-order valence-electron chi connectivity index (χ3n) is 1.36. The number of allylic oxidation sites excluding steroid dienone is 2. The Morgan fingerprint density at radius 1 is 1.60 bits per heavy atom. The Morgan fingerprint density at radius 3 is 2.80 bits per heavy atom. The zero-order valence-corrected chi connectivity index (χ0v) is 6.64. The van der Waals surface area contributed by atoms with Gasteiger partial charge in [-0.05, 0) is 26.2 Å². The van der Waals surface area contributed by atoms with Gasteiger partial charge in [0, 0.05) is 0 Å². The average molecular weight is 140 g/mol. The first-order valence-electron chi connectivity index (χ1n) is 3.70. The Hall–Kier alpha value is -0.560. The van der Waals surface area contributed by atoms with Crippen LogP contribution in [-0.4, -0.2) is 11.7 Å². The maximum Gasteiger partial charge on any atom is 0.0639 e. The van der Waals surface area contributed by atoms with Crippen molar-refractivity contribution in [2.45, 2.75) is 26.2 Å². The van der Waals surface area contributed by atoms with Crippen LogP contribution >= 0.6 is 0 Å². The lowest BCUT2D eigenvalue weighted by molar-refractivity contribution is 0.326. The van der Waals surface area contributed by atoms with Crippen molar-refractivity contribution >= 4 is 0 Å². The largest absolute Gasteiger partial charge is 0.392 e. The summed E-state index contributed by atoms with van der Waals surface area (Å²) in [7, 11) is 0. The molecule has 0 aromatic rings. The standard InChI is InChI=1S/C9H16O/c1-3-4-5-6-7-9(2)8-10/h3-4,10H,2,5-8H2,1H3/b4-3-. The van der Waals surface area contributed by atoms with Crippen molar-refractivity contribution in [3.05, 3.63) is 24.3 Å². The highest BCUT2D eigenvalue weighted by Crippen LogP contribution is 2.04. The second kappa shape index (κ2) is 6.56. The van der Waals surface area contributed by atoms with Gasteiger partial charge in [-0.15, -0.1) is 0 Å². The maximum atomic E-state index is 8.57. The van der Waals surface area contributed by atoms with Crippen LogP contribution in [0, 0.1) is 0 Å². The van der Waals surface area contributed by atoms with Crippen LogP contribution in [0.2, 0.25) is 0 Å². The molecular weight excluding hydrogens is 124 g/mol. The van der Waals surface area contributed by atoms with Crippen molar-refractivity contribution in [3.8, 4) is 0 Å². The fourth-order valence-electron chi connectivity index (χ4n) is 0.716. The Balaban J connectivity index is 3.11. The Bertz CT molecular complexity index is 114. The van der Waals surface area contributed by atoms with E-state index in [4.69, 9.17) is 5.11 Å². The van der Waals surface area contributed by atoms with E-state index in [1.165, 1.54) is 0 Å². The highest BCUT2D eigenvalue weighted by atomic mass is 16.3. The average Bonchev–Trinajstić information content (AvgIpc) is 1.98. The Kier molecular flexibility index (Phi) is 6.19. The van der Waals surface area contributed by atoms with Gasteiger partial charge in [-0.1, -0.05) is 24.3 Å². The summed E-state index contributed by atoms with van der Waals surface area (Å²) in [5.41, 5.74) is 0.935. The minimum atomic E-state index is 0.135. The van der Waals surface area contributed by atoms with Crippen LogP contribution in [0.5, 0.6) is 0 Å². The molecule has 0 aliphatic carbocycles. The third kappa shape index (κ3) is 5.57. The van der Waals surface area contributed by atoms with E-state index in [-0.39, 0.29) is 6.61 Å². The van der Waals surface area contributed by atoms with Crippen molar-refractivity contribution in [2.24, 2.45) is 0 Å². The second-order valence-electron chi connectivity index (χ2n) is 2.37. The summed E-state index contributed by atoms with van der Waals surface area (Å²) in [5, 5.41) is 8.57. The van der Waals surface area contributed by atoms with Gasteiger partial charge in [0.1, 0.15) is 0 Å². The van der Waals surface area contributed by atoms with Crippen LogP contribution in [-0.2, 0) is 0 Å². The summed E-state index contributed by atoms with van der Waals surface area (Å²) in [6, 6.07) is 0. The molecule has 0 aromatic carbocycles. The van der Waals surface area contributed by atoms with E-state index in [1.54, 1.807) is 0 Å². The molecule has 0 unspecified atom stereocenters. The molecule has 1 N–H and O–H groups in total. The predicted octanol–water partition coefficient (Wildman–Crippen LogP) is 2.28. The van der Waals surface area contributed by atoms with Crippen molar-refractivity contribution in [1.82, 2.24) is 0 Å². The van der Waals surface area contributed by atoms with Crippen molar-refractivity contribution < 1.29 is 5.11 Å². The smallest absolute Gasteiger partial charge is 0.0639 e. The molecule has 0 aliphatic heterocycles. The van der Waals surface area contributed by atoms with Gasteiger partial charge in [0.2, 0.25) is 0 Å². The molecule has 0 amide bonds. The van der Waals surface area contributed by atoms with E-state index in [0.29, 0.717) is 0 Å². The highest BCUT2D eigenvalue weighted by Gasteiger charge is 1.89. The lowest BCUT2D eigenvalue weighted by Crippen LogP contribution is -1.87. The van der Waals surface area contributed by atoms with E-state index < -0.39 is 0 Å². The van der Waals surface area contributed by atoms with E-state index in [9.17, 15) is 0 Å². The molecule has 1 heteroatoms. The predicted molar refractivity (Wildman–Crippen MR) is 44.9 cm³/mol. The van der Waals surface area contributed by atoms with Crippen molar-refractivity contribution in [3.63, 3.8) is 0 Å². The van der Waals surface area contributed by atoms with Crippen LogP contribution in [0.1, 0.15) is 26.2 Å². The monoisotopic (exact) mass is 140 g/mol. The molecule has 0 saturated heterocycles. The van der Waals surface area contributed by atoms with Gasteiger partial charge in [0.05, 0.1) is 6.61 Å². The zero-order chi connectivity index (χ0) is 7.82. The number of hydrogen-bond acceptors (Lipinski definition) is 1. The molecule has 0 heterocycles. The fraction of sp³-hybridized carbons (Fsp3) is 0.556. The first-order chi connectivity index (χ1) is 4.81. The summed E-state index contributed by atoms with van der Waals surface area (Å²) >= 11 is 0. The van der Waals surface area contributed by atoms with Gasteiger partial charge in [0.25, 0.3) is 0 Å². The SMILES string of the molecule is C=C(CO)CCC/C=C\C. The number of aliphatic hydroxyl groups is 1. The summed E-state index contributed by atoms with van der Waals surface area (Å²) in [4.78, 5) is 0. The first kappa shape index (κ1) is 9.44. The van der Waals surface area contributed by atoms with Gasteiger partial charge < -0.3 is 5.11 Å². The van der Waals surface area contributed by atoms with E-state index in [1.807, 2.05) is 13.0 Å². The summed E-state index contributed by atoms with van der Waals surface area (Å²) in [6.45, 7) is 5.85. The molecule has 0 rings (SSSR count). The molecular formula is C9H16O. The van der Waals surface area contributed by atoms with Crippen molar-refractivity contribution in [1.29, 1.82) is 0 Å². The fourth-order valence-corrected chi connectivity index (χ4v) is 0.716. The first-order valence-corrected chi connectivity index (χ1v) is 3.70. The Morgan fingerprint density at radius 2 is 2.30 bits per heavy atom. The van der Waals surface area contributed by atoms with Gasteiger partial charge >= 0.3 is 0 Å². The maximum absolute atomic E-state index is 8.57. The molecule has 58 valence electrons. The van der Waals surface area contributed by atoms with E-state index in [2.05, 4.69) is 12.7 Å². The van der Waals surface area contributed by atoms with Gasteiger partial charge in [-0.25, -0.2) is 0 Å². The molecule has 0 spiro atoms. The van der Waals surface area contributed by atoms with Crippen molar-refractivity contribution in [2.75, 3.05) is 6.61 Å². The number of hydrogen-bond donors (Lipinski definition) is 1. The quantitative estimate of drug-likeness (QED) is 0.459. The number of rotatable bonds is 5. The van der Waals surface area contributed by atoms with Gasteiger partial charge in [-0.2, -0.15) is 0 Å². The van der Waals surface area contributed by atoms with Crippen LogP contribution in [0.25, 0.3) is 0 Å². The zero-order valence-electron chi connectivity index (χ0n) is 6.64. The van der Waals surface area contributed by atoms with E-state index in [0.717, 1.165) is 24.8 Å². The summed E-state index contributed by atoms with van der Waals surface area (Å²) in [5.74, 6) is 0. The van der Waals surface area contributed by atoms with Gasteiger partial charge in [0.15, 0.2) is 0 Å². The summed E-state index contributed by atoms with van der Waals surface area (Å²) in [6.07, 6.45) is 7.31. The number of aliphatic hydroxyl groups excluding tert-OH is 1. The van der Waals surface area contributed by atoms with Crippen LogP contribution in [0.15, 0.2) is 24.3 Å². The second-order valence-corrected chi connectivity index (χ2v) is 2.37. The molecule has 0 radical (unpaired) electrons. The molecule has 0 fully saturated rings. The highest BCUT2D eigenvalue weighted by molar-refractivity contribution is 4.93. The molecule has 0 saturated carbocycles. The third-order valence-corrected chi connectivity index (χ3v) is 1.36. The lowest BCUT2D eigenvalue weighted by atomic mass is 10.1.